The van der Waals surface area contributed by atoms with Crippen molar-refractivity contribution in [3.8, 4) is 23.0 Å². The van der Waals surface area contributed by atoms with Gasteiger partial charge in [0, 0.05) is 51.0 Å². The van der Waals surface area contributed by atoms with E-state index in [2.05, 4.69) is 20.0 Å². The molecule has 8 nitrogen and oxygen atoms in total. The molecule has 0 unspecified atom stereocenters. The Morgan fingerprint density at radius 3 is 0.578 bits per heavy atom. The summed E-state index contributed by atoms with van der Waals surface area (Å²) in [5.41, 5.74) is 2.72. The Bertz CT molecular complexity index is 1590. The molecule has 0 spiro atoms. The van der Waals surface area contributed by atoms with Crippen LogP contribution in [0.15, 0.2) is 117 Å². The van der Waals surface area contributed by atoms with Gasteiger partial charge < -0.3 is 20.4 Å². The molecule has 4 aromatic carbocycles. The fourth-order valence-electron chi connectivity index (χ4n) is 6.99. The van der Waals surface area contributed by atoms with Crippen molar-refractivity contribution >= 4 is 24.9 Å². The van der Waals surface area contributed by atoms with Crippen LogP contribution in [-0.2, 0) is 42.1 Å². The third kappa shape index (κ3) is 29.6. The molecule has 0 fully saturated rings. The Hall–Kier alpha value is -3.86. The average Bonchev–Trinajstić information content (AvgIpc) is 3.28. The minimum Gasteiger partial charge on any atom is -0.872 e. The molecule has 0 atom stereocenters. The number of benzene rings is 4. The number of unbranched alkanes of at least 4 members (excludes halogenated alkanes) is 20. The zero-order valence-electron chi connectivity index (χ0n) is 38.0. The summed E-state index contributed by atoms with van der Waals surface area (Å²) in [7, 11) is 0. The second-order valence-electron chi connectivity index (χ2n) is 16.1. The molecule has 10 heteroatoms. The van der Waals surface area contributed by atoms with E-state index in [1.54, 1.807) is 73.4 Å². The molecule has 352 valence electrons. The van der Waals surface area contributed by atoms with Gasteiger partial charge in [-0.2, -0.15) is 0 Å². The molecular weight excluding hydrogens is 1160 g/mol. The third-order valence-corrected chi connectivity index (χ3v) is 10.7. The summed E-state index contributed by atoms with van der Waals surface area (Å²) in [6.07, 6.45) is 34.4. The normalized spacial score (nSPS) is 11.2. The summed E-state index contributed by atoms with van der Waals surface area (Å²) in [4.78, 5) is 17.5. The monoisotopic (exact) mass is 1230 g/mol. The van der Waals surface area contributed by atoms with Gasteiger partial charge in [0.25, 0.3) is 0 Å². The molecule has 0 saturated carbocycles. The number of hydrogen-bond donors (Lipinski definition) is 0. The van der Waals surface area contributed by atoms with E-state index in [9.17, 15) is 20.4 Å². The largest absolute Gasteiger partial charge is 2.00 e. The van der Waals surface area contributed by atoms with Gasteiger partial charge in [0.05, 0.1) is 0 Å². The van der Waals surface area contributed by atoms with Crippen LogP contribution in [0.5, 0.6) is 23.0 Å². The fraction of sp³-hybridized carbons (Fsp3) is 0.481. The first-order chi connectivity index (χ1) is 30.5. The summed E-state index contributed by atoms with van der Waals surface area (Å²) in [6, 6.07) is 28.1. The zero-order valence-corrected chi connectivity index (χ0v) is 42.5. The molecule has 0 heterocycles. The van der Waals surface area contributed by atoms with Crippen LogP contribution in [0.2, 0.25) is 0 Å². The maximum Gasteiger partial charge on any atom is 2.00 e. The quantitative estimate of drug-likeness (QED) is 0.0354. The van der Waals surface area contributed by atoms with Crippen LogP contribution in [0.4, 0.5) is 0 Å². The minimum atomic E-state index is 0. The van der Waals surface area contributed by atoms with Crippen molar-refractivity contribution in [2.75, 3.05) is 26.2 Å². The minimum absolute atomic E-state index is 0. The molecule has 64 heavy (non-hydrogen) atoms. The van der Waals surface area contributed by atoms with Crippen LogP contribution < -0.4 is 20.4 Å². The van der Waals surface area contributed by atoms with E-state index in [1.165, 1.54) is 116 Å². The smallest absolute Gasteiger partial charge is 0.872 e. The van der Waals surface area contributed by atoms with Gasteiger partial charge in [0.15, 0.2) is 0 Å². The molecule has 0 aliphatic carbocycles. The van der Waals surface area contributed by atoms with Crippen LogP contribution in [0.1, 0.15) is 164 Å². The van der Waals surface area contributed by atoms with Crippen molar-refractivity contribution in [1.29, 1.82) is 0 Å². The Morgan fingerprint density at radius 2 is 0.406 bits per heavy atom. The summed E-state index contributed by atoms with van der Waals surface area (Å²) in [5, 5.41) is 46.3. The first kappa shape index (κ1) is 58.2. The molecule has 4 aromatic rings. The van der Waals surface area contributed by atoms with Gasteiger partial charge in [-0.1, -0.05) is 213 Å². The maximum absolute atomic E-state index is 11.6. The standard InChI is InChI=1S/2C27H38N2O2.2Pt/c2*30-26-18-12-10-16-24(26)22-28-20-14-8-6-4-2-1-3-5-7-9-15-21-29-23-25-17-11-13-19-27(25)31;;/h2*10-13,16-19,22-23,30-31H,1-9,14-15,20-21H2;;/q;;2*+2/p-4. The summed E-state index contributed by atoms with van der Waals surface area (Å²) >= 11 is 0. The summed E-state index contributed by atoms with van der Waals surface area (Å²) in [5.74, 6) is 0.173. The van der Waals surface area contributed by atoms with Crippen molar-refractivity contribution in [2.24, 2.45) is 20.0 Å². The van der Waals surface area contributed by atoms with Crippen molar-refractivity contribution < 1.29 is 62.6 Å². The molecule has 0 saturated heterocycles. The van der Waals surface area contributed by atoms with Crippen LogP contribution in [0.3, 0.4) is 0 Å². The number of nitrogens with zero attached hydrogens (tertiary/aromatic N) is 4. The molecule has 0 aromatic heterocycles. The molecule has 4 rings (SSSR count). The Balaban J connectivity index is 0.000000621. The molecule has 0 radical (unpaired) electrons. The van der Waals surface area contributed by atoms with E-state index in [-0.39, 0.29) is 65.1 Å². The molecule has 0 aliphatic heterocycles. The van der Waals surface area contributed by atoms with Gasteiger partial charge in [0.2, 0.25) is 0 Å². The average molecular weight is 1230 g/mol. The second-order valence-corrected chi connectivity index (χ2v) is 16.1. The van der Waals surface area contributed by atoms with E-state index in [0.717, 1.165) is 51.9 Å². The molecule has 0 aliphatic rings. The molecule has 0 N–H and O–H groups in total. The Labute approximate surface area is 414 Å². The van der Waals surface area contributed by atoms with Gasteiger partial charge in [-0.3, -0.25) is 20.0 Å². The van der Waals surface area contributed by atoms with Crippen molar-refractivity contribution in [1.82, 2.24) is 0 Å². The van der Waals surface area contributed by atoms with Crippen LogP contribution in [-0.4, -0.2) is 51.0 Å². The van der Waals surface area contributed by atoms with Gasteiger partial charge >= 0.3 is 42.1 Å². The third-order valence-electron chi connectivity index (χ3n) is 10.7. The molecular formula is C54H72N4O4Pt2. The Morgan fingerprint density at radius 1 is 0.250 bits per heavy atom. The first-order valence-electron chi connectivity index (χ1n) is 23.6. The topological polar surface area (TPSA) is 142 Å². The van der Waals surface area contributed by atoms with Crippen molar-refractivity contribution in [2.45, 2.75) is 141 Å². The zero-order chi connectivity index (χ0) is 44.0. The molecule has 0 bridgehead atoms. The van der Waals surface area contributed by atoms with Crippen LogP contribution >= 0.6 is 0 Å². The van der Waals surface area contributed by atoms with E-state index in [1.807, 2.05) is 48.5 Å². The SMILES string of the molecule is [O-]c1ccccc1C=NCCCCCCCCCCCCCN=Cc1ccccc1[O-].[O-]c1ccccc1C=NCCCCCCCCCCCCCN=Cc1ccccc1[O-].[Pt+2].[Pt+2]. The maximum atomic E-state index is 11.6. The number of aliphatic imine (C=N–C) groups is 4. The second kappa shape index (κ2) is 40.6. The van der Waals surface area contributed by atoms with Gasteiger partial charge in [-0.25, -0.2) is 0 Å². The molecule has 0 amide bonds. The van der Waals surface area contributed by atoms with E-state index in [4.69, 9.17) is 0 Å². The number of hydrogen-bond acceptors (Lipinski definition) is 8. The Kier molecular flexibility index (Phi) is 36.9. The van der Waals surface area contributed by atoms with Crippen LogP contribution in [0.25, 0.3) is 0 Å². The number of rotatable bonds is 32. The first-order valence-corrected chi connectivity index (χ1v) is 23.6. The van der Waals surface area contributed by atoms with Gasteiger partial charge in [0.1, 0.15) is 0 Å². The predicted molar refractivity (Wildman–Crippen MR) is 255 cm³/mol. The van der Waals surface area contributed by atoms with Crippen molar-refractivity contribution in [3.63, 3.8) is 0 Å². The van der Waals surface area contributed by atoms with E-state index >= 15 is 0 Å². The summed E-state index contributed by atoms with van der Waals surface area (Å²) in [6.45, 7) is 3.23. The van der Waals surface area contributed by atoms with Gasteiger partial charge in [-0.15, -0.1) is 23.0 Å². The number of para-hydroxylation sites is 4. The van der Waals surface area contributed by atoms with E-state index in [0.29, 0.717) is 22.3 Å². The van der Waals surface area contributed by atoms with E-state index < -0.39 is 0 Å². The van der Waals surface area contributed by atoms with Gasteiger partial charge in [-0.05, 0) is 47.9 Å². The summed E-state index contributed by atoms with van der Waals surface area (Å²) < 4.78 is 0. The van der Waals surface area contributed by atoms with Crippen molar-refractivity contribution in [3.05, 3.63) is 119 Å². The fourth-order valence-corrected chi connectivity index (χ4v) is 6.99. The van der Waals surface area contributed by atoms with Crippen LogP contribution in [0, 0.1) is 0 Å². The predicted octanol–water partition coefficient (Wildman–Crippen LogP) is 11.3.